The van der Waals surface area contributed by atoms with Gasteiger partial charge in [-0.05, 0) is 12.8 Å². The zero-order chi connectivity index (χ0) is 10.4. The summed E-state index contributed by atoms with van der Waals surface area (Å²) in [5.74, 6) is 0. The molecule has 1 rings (SSSR count). The first-order valence-corrected chi connectivity index (χ1v) is 6.20. The molecule has 0 spiro atoms. The normalized spacial score (nSPS) is 24.6. The highest BCUT2D eigenvalue weighted by Gasteiger charge is 2.36. The summed E-state index contributed by atoms with van der Waals surface area (Å²) in [5, 5.41) is 3.54. The highest BCUT2D eigenvalue weighted by molar-refractivity contribution is 5.35. The molecule has 1 aliphatic carbocycles. The Morgan fingerprint density at radius 1 is 1.14 bits per heavy atom. The second-order valence-electron chi connectivity index (χ2n) is 4.67. The number of unbranched alkanes of at least 4 members (excludes halogenated alkanes) is 4. The molecule has 0 amide bonds. The lowest BCUT2D eigenvalue weighted by Crippen LogP contribution is -2.15. The zero-order valence-corrected chi connectivity index (χ0v) is 10.0. The summed E-state index contributed by atoms with van der Waals surface area (Å²) >= 11 is 0. The molecule has 1 nitrogen and oxygen atoms in total. The Morgan fingerprint density at radius 3 is 2.43 bits per heavy atom. The fourth-order valence-corrected chi connectivity index (χ4v) is 1.78. The predicted octanol–water partition coefficient (Wildman–Crippen LogP) is 3.86. The summed E-state index contributed by atoms with van der Waals surface area (Å²) in [6, 6.07) is 0. The summed E-state index contributed by atoms with van der Waals surface area (Å²) in [6.45, 7) is 8.00. The van der Waals surface area contributed by atoms with E-state index >= 15 is 0 Å². The Balaban J connectivity index is 1.89. The van der Waals surface area contributed by atoms with Gasteiger partial charge in [0.1, 0.15) is 0 Å². The maximum Gasteiger partial charge on any atom is 0.0266 e. The lowest BCUT2D eigenvalue weighted by molar-refractivity contribution is 0.542. The molecule has 0 aromatic rings. The third-order valence-electron chi connectivity index (χ3n) is 3.33. The van der Waals surface area contributed by atoms with E-state index in [1.165, 1.54) is 50.8 Å². The summed E-state index contributed by atoms with van der Waals surface area (Å²) in [6.07, 6.45) is 10.5. The molecule has 1 N–H and O–H groups in total. The van der Waals surface area contributed by atoms with E-state index in [0.29, 0.717) is 5.41 Å². The van der Waals surface area contributed by atoms with Crippen LogP contribution < -0.4 is 5.32 Å². The highest BCUT2D eigenvalue weighted by Crippen LogP contribution is 2.44. The van der Waals surface area contributed by atoms with Crippen LogP contribution in [0.25, 0.3) is 0 Å². The van der Waals surface area contributed by atoms with Crippen molar-refractivity contribution in [2.75, 3.05) is 6.54 Å². The number of rotatable bonds is 8. The first kappa shape index (κ1) is 11.6. The minimum absolute atomic E-state index is 0.434. The van der Waals surface area contributed by atoms with E-state index in [1.807, 2.05) is 0 Å². The average Bonchev–Trinajstić information content (AvgIpc) is 2.84. The fraction of sp³-hybridized carbons (Fsp3) is 0.846. The molecule has 1 heteroatoms. The number of allylic oxidation sites excluding steroid dienone is 2. The van der Waals surface area contributed by atoms with Crippen LogP contribution in [0.4, 0.5) is 0 Å². The molecular formula is C13H25N. The largest absolute Gasteiger partial charge is 0.388 e. The van der Waals surface area contributed by atoms with Crippen molar-refractivity contribution in [1.29, 1.82) is 0 Å². The third-order valence-corrected chi connectivity index (χ3v) is 3.33. The van der Waals surface area contributed by atoms with Crippen LogP contribution in [0.5, 0.6) is 0 Å². The van der Waals surface area contributed by atoms with Crippen molar-refractivity contribution in [1.82, 2.24) is 5.32 Å². The van der Waals surface area contributed by atoms with Crippen molar-refractivity contribution in [3.05, 3.63) is 11.8 Å². The van der Waals surface area contributed by atoms with Crippen LogP contribution in [0.15, 0.2) is 11.8 Å². The van der Waals surface area contributed by atoms with Gasteiger partial charge in [0.05, 0.1) is 0 Å². The van der Waals surface area contributed by atoms with Crippen LogP contribution in [0, 0.1) is 5.41 Å². The molecule has 0 saturated carbocycles. The standard InChI is InChI=1S/C13H25N/c1-4-6-7-8-9-10-14-12-11-13(12,3)5-2/h11,14H,4-10H2,1-3H3/t13-/m0/s1. The van der Waals surface area contributed by atoms with Gasteiger partial charge in [-0.25, -0.2) is 0 Å². The van der Waals surface area contributed by atoms with E-state index in [4.69, 9.17) is 0 Å². The molecule has 0 unspecified atom stereocenters. The van der Waals surface area contributed by atoms with Crippen LogP contribution in [-0.4, -0.2) is 6.54 Å². The number of hydrogen-bond donors (Lipinski definition) is 1. The van der Waals surface area contributed by atoms with Crippen molar-refractivity contribution in [2.24, 2.45) is 5.41 Å². The maximum atomic E-state index is 3.54. The first-order valence-electron chi connectivity index (χ1n) is 6.20. The van der Waals surface area contributed by atoms with Gasteiger partial charge in [-0.15, -0.1) is 0 Å². The zero-order valence-electron chi connectivity index (χ0n) is 10.0. The minimum atomic E-state index is 0.434. The Morgan fingerprint density at radius 2 is 1.86 bits per heavy atom. The Bertz CT molecular complexity index is 195. The van der Waals surface area contributed by atoms with Crippen LogP contribution >= 0.6 is 0 Å². The molecule has 0 aromatic carbocycles. The molecule has 0 aliphatic heterocycles. The van der Waals surface area contributed by atoms with Crippen molar-refractivity contribution in [3.8, 4) is 0 Å². The van der Waals surface area contributed by atoms with Gasteiger partial charge in [-0.3, -0.25) is 0 Å². The SMILES string of the molecule is CCCCCCCNC1=C[C@]1(C)CC. The second-order valence-corrected chi connectivity index (χ2v) is 4.67. The molecule has 14 heavy (non-hydrogen) atoms. The molecule has 0 bridgehead atoms. The fourth-order valence-electron chi connectivity index (χ4n) is 1.78. The second kappa shape index (κ2) is 5.43. The highest BCUT2D eigenvalue weighted by atomic mass is 14.9. The van der Waals surface area contributed by atoms with Crippen molar-refractivity contribution in [3.63, 3.8) is 0 Å². The monoisotopic (exact) mass is 195 g/mol. The summed E-state index contributed by atoms with van der Waals surface area (Å²) < 4.78 is 0. The van der Waals surface area contributed by atoms with E-state index in [2.05, 4.69) is 32.2 Å². The lowest BCUT2D eigenvalue weighted by Gasteiger charge is -2.10. The summed E-state index contributed by atoms with van der Waals surface area (Å²) in [7, 11) is 0. The van der Waals surface area contributed by atoms with Crippen LogP contribution in [0.2, 0.25) is 0 Å². The van der Waals surface area contributed by atoms with E-state index in [-0.39, 0.29) is 0 Å². The topological polar surface area (TPSA) is 12.0 Å². The Kier molecular flexibility index (Phi) is 4.50. The van der Waals surface area contributed by atoms with Crippen LogP contribution in [-0.2, 0) is 0 Å². The van der Waals surface area contributed by atoms with Crippen molar-refractivity contribution >= 4 is 0 Å². The molecule has 0 heterocycles. The Labute approximate surface area is 89.0 Å². The van der Waals surface area contributed by atoms with E-state index in [0.717, 1.165) is 0 Å². The van der Waals surface area contributed by atoms with Gasteiger partial charge in [-0.1, -0.05) is 52.5 Å². The third kappa shape index (κ3) is 3.36. The van der Waals surface area contributed by atoms with Crippen LogP contribution in [0.1, 0.15) is 59.3 Å². The average molecular weight is 195 g/mol. The van der Waals surface area contributed by atoms with Gasteiger partial charge in [0, 0.05) is 17.7 Å². The lowest BCUT2D eigenvalue weighted by atomic mass is 10.0. The minimum Gasteiger partial charge on any atom is -0.388 e. The van der Waals surface area contributed by atoms with Gasteiger partial charge < -0.3 is 5.32 Å². The smallest absolute Gasteiger partial charge is 0.0266 e. The predicted molar refractivity (Wildman–Crippen MR) is 63.2 cm³/mol. The quantitative estimate of drug-likeness (QED) is 0.580. The van der Waals surface area contributed by atoms with Crippen LogP contribution in [0.3, 0.4) is 0 Å². The molecule has 0 fully saturated rings. The van der Waals surface area contributed by atoms with Gasteiger partial charge in [0.2, 0.25) is 0 Å². The number of hydrogen-bond acceptors (Lipinski definition) is 1. The summed E-state index contributed by atoms with van der Waals surface area (Å²) in [5.41, 5.74) is 1.92. The van der Waals surface area contributed by atoms with E-state index in [9.17, 15) is 0 Å². The maximum absolute atomic E-state index is 3.54. The van der Waals surface area contributed by atoms with Crippen molar-refractivity contribution < 1.29 is 0 Å². The molecule has 82 valence electrons. The van der Waals surface area contributed by atoms with Gasteiger partial charge in [0.15, 0.2) is 0 Å². The number of nitrogens with one attached hydrogen (secondary N) is 1. The van der Waals surface area contributed by atoms with Gasteiger partial charge in [-0.2, -0.15) is 0 Å². The van der Waals surface area contributed by atoms with E-state index < -0.39 is 0 Å². The molecular weight excluding hydrogens is 170 g/mol. The molecule has 0 radical (unpaired) electrons. The van der Waals surface area contributed by atoms with Gasteiger partial charge in [0.25, 0.3) is 0 Å². The van der Waals surface area contributed by atoms with Gasteiger partial charge >= 0.3 is 0 Å². The first-order chi connectivity index (χ1) is 6.73. The molecule has 0 aromatic heterocycles. The van der Waals surface area contributed by atoms with Crippen molar-refractivity contribution in [2.45, 2.75) is 59.3 Å². The summed E-state index contributed by atoms with van der Waals surface area (Å²) in [4.78, 5) is 0. The molecule has 1 atom stereocenters. The Hall–Kier alpha value is -0.460. The molecule has 0 saturated heterocycles. The molecule has 1 aliphatic rings. The van der Waals surface area contributed by atoms with E-state index in [1.54, 1.807) is 0 Å².